The van der Waals surface area contributed by atoms with Crippen LogP contribution >= 0.6 is 0 Å². The van der Waals surface area contributed by atoms with Gasteiger partial charge in [-0.15, -0.1) is 0 Å². The number of hydrogen-bond acceptors (Lipinski definition) is 1. The summed E-state index contributed by atoms with van der Waals surface area (Å²) in [6.07, 6.45) is 0.882. The molecule has 0 atom stereocenters. The van der Waals surface area contributed by atoms with Crippen LogP contribution in [0.1, 0.15) is 32.8 Å². The van der Waals surface area contributed by atoms with Gasteiger partial charge in [-0.1, -0.05) is 26.8 Å². The largest absolute Gasteiger partial charge is 0.299 e. The molecule has 0 bridgehead atoms. The van der Waals surface area contributed by atoms with Crippen LogP contribution in [0.3, 0.4) is 0 Å². The van der Waals surface area contributed by atoms with Gasteiger partial charge < -0.3 is 0 Å². The molecule has 0 amide bonds. The van der Waals surface area contributed by atoms with E-state index in [2.05, 4.69) is 0 Å². The van der Waals surface area contributed by atoms with Crippen molar-refractivity contribution in [3.63, 3.8) is 0 Å². The first-order chi connectivity index (χ1) is 7.36. The molecule has 0 aliphatic rings. The molecule has 3 heteroatoms. The summed E-state index contributed by atoms with van der Waals surface area (Å²) in [7, 11) is 0. The zero-order valence-electron chi connectivity index (χ0n) is 9.81. The molecule has 0 saturated heterocycles. The highest BCUT2D eigenvalue weighted by Gasteiger charge is 2.25. The van der Waals surface area contributed by atoms with Crippen molar-refractivity contribution in [3.8, 4) is 0 Å². The van der Waals surface area contributed by atoms with Crippen molar-refractivity contribution in [1.29, 1.82) is 0 Å². The fourth-order valence-corrected chi connectivity index (χ4v) is 1.27. The number of Topliss-reactive ketones (excluding diaryl/α,β-unsaturated/α-hetero) is 1. The Morgan fingerprint density at radius 3 is 2.38 bits per heavy atom. The average Bonchev–Trinajstić information content (AvgIpc) is 2.23. The molecule has 0 spiro atoms. The van der Waals surface area contributed by atoms with Crippen molar-refractivity contribution in [1.82, 2.24) is 0 Å². The molecule has 0 heterocycles. The van der Waals surface area contributed by atoms with Crippen molar-refractivity contribution in [3.05, 3.63) is 35.4 Å². The lowest BCUT2D eigenvalue weighted by Gasteiger charge is -2.20. The molecular weight excluding hydrogens is 210 g/mol. The summed E-state index contributed by atoms with van der Waals surface area (Å²) in [6, 6.07) is 3.58. The van der Waals surface area contributed by atoms with E-state index in [1.807, 2.05) is 20.8 Å². The SMILES string of the molecule is CCC(C)(C)C(=O)Cc1ccc(F)c(F)c1. The maximum absolute atomic E-state index is 12.9. The number of halogens is 2. The van der Waals surface area contributed by atoms with Crippen molar-refractivity contribution < 1.29 is 13.6 Å². The standard InChI is InChI=1S/C13H16F2O/c1-4-13(2,3)12(16)8-9-5-6-10(14)11(15)7-9/h5-7H,4,8H2,1-3H3. The average molecular weight is 226 g/mol. The Morgan fingerprint density at radius 1 is 1.25 bits per heavy atom. The molecule has 16 heavy (non-hydrogen) atoms. The quantitative estimate of drug-likeness (QED) is 0.767. The van der Waals surface area contributed by atoms with Gasteiger partial charge in [0, 0.05) is 11.8 Å². The molecule has 1 aromatic rings. The van der Waals surface area contributed by atoms with E-state index in [1.165, 1.54) is 6.07 Å². The molecule has 0 aliphatic carbocycles. The molecule has 0 N–H and O–H groups in total. The number of carbonyl (C=O) groups is 1. The fraction of sp³-hybridized carbons (Fsp3) is 0.462. The summed E-state index contributed by atoms with van der Waals surface area (Å²) in [4.78, 5) is 11.8. The molecule has 1 aromatic carbocycles. The van der Waals surface area contributed by atoms with E-state index in [-0.39, 0.29) is 12.2 Å². The van der Waals surface area contributed by atoms with Crippen LogP contribution < -0.4 is 0 Å². The van der Waals surface area contributed by atoms with E-state index in [0.29, 0.717) is 5.56 Å². The molecule has 88 valence electrons. The molecule has 1 rings (SSSR count). The van der Waals surface area contributed by atoms with Crippen molar-refractivity contribution in [2.75, 3.05) is 0 Å². The van der Waals surface area contributed by atoms with E-state index < -0.39 is 17.0 Å². The van der Waals surface area contributed by atoms with Gasteiger partial charge >= 0.3 is 0 Å². The molecule has 0 aliphatic heterocycles. The van der Waals surface area contributed by atoms with Crippen LogP contribution in [-0.4, -0.2) is 5.78 Å². The number of ketones is 1. The predicted octanol–water partition coefficient (Wildman–Crippen LogP) is 3.51. The van der Waals surface area contributed by atoms with Gasteiger partial charge in [-0.2, -0.15) is 0 Å². The van der Waals surface area contributed by atoms with Gasteiger partial charge in [0.25, 0.3) is 0 Å². The Bertz CT molecular complexity index is 397. The molecule has 0 fully saturated rings. The summed E-state index contributed by atoms with van der Waals surface area (Å²) >= 11 is 0. The lowest BCUT2D eigenvalue weighted by atomic mass is 9.82. The van der Waals surface area contributed by atoms with Crippen molar-refractivity contribution in [2.24, 2.45) is 5.41 Å². The van der Waals surface area contributed by atoms with E-state index in [9.17, 15) is 13.6 Å². The normalized spacial score (nSPS) is 11.6. The Morgan fingerprint density at radius 2 is 1.88 bits per heavy atom. The molecule has 0 unspecified atom stereocenters. The van der Waals surface area contributed by atoms with Crippen LogP contribution in [0.25, 0.3) is 0 Å². The van der Waals surface area contributed by atoms with Crippen LogP contribution in [0, 0.1) is 17.0 Å². The summed E-state index contributed by atoms with van der Waals surface area (Å²) in [5.74, 6) is -1.74. The fourth-order valence-electron chi connectivity index (χ4n) is 1.27. The Hall–Kier alpha value is -1.25. The summed E-state index contributed by atoms with van der Waals surface area (Å²) in [6.45, 7) is 5.65. The number of benzene rings is 1. The predicted molar refractivity (Wildman–Crippen MR) is 59.1 cm³/mol. The third kappa shape index (κ3) is 2.87. The van der Waals surface area contributed by atoms with Crippen LogP contribution in [-0.2, 0) is 11.2 Å². The second kappa shape index (κ2) is 4.73. The zero-order chi connectivity index (χ0) is 12.3. The maximum Gasteiger partial charge on any atom is 0.159 e. The minimum absolute atomic E-state index is 0.0426. The maximum atomic E-state index is 12.9. The summed E-state index contributed by atoms with van der Waals surface area (Å²) in [5, 5.41) is 0. The highest BCUT2D eigenvalue weighted by molar-refractivity contribution is 5.86. The first-order valence-corrected chi connectivity index (χ1v) is 5.34. The Balaban J connectivity index is 2.82. The third-order valence-corrected chi connectivity index (χ3v) is 2.99. The molecule has 0 saturated carbocycles. The first kappa shape index (κ1) is 12.8. The topological polar surface area (TPSA) is 17.1 Å². The van der Waals surface area contributed by atoms with Gasteiger partial charge in [0.2, 0.25) is 0 Å². The Labute approximate surface area is 94.5 Å². The number of hydrogen-bond donors (Lipinski definition) is 0. The molecule has 0 radical (unpaired) electrons. The lowest BCUT2D eigenvalue weighted by molar-refractivity contribution is -0.126. The summed E-state index contributed by atoms with van der Waals surface area (Å²) in [5.41, 5.74) is 0.107. The Kier molecular flexibility index (Phi) is 3.79. The van der Waals surface area contributed by atoms with Gasteiger partial charge in [-0.25, -0.2) is 8.78 Å². The number of rotatable bonds is 4. The highest BCUT2D eigenvalue weighted by atomic mass is 19.2. The number of carbonyl (C=O) groups excluding carboxylic acids is 1. The second-order valence-electron chi connectivity index (χ2n) is 4.59. The molecule has 1 nitrogen and oxygen atoms in total. The van der Waals surface area contributed by atoms with E-state index in [1.54, 1.807) is 0 Å². The van der Waals surface area contributed by atoms with Crippen LogP contribution in [0.15, 0.2) is 18.2 Å². The first-order valence-electron chi connectivity index (χ1n) is 5.34. The van der Waals surface area contributed by atoms with Gasteiger partial charge in [0.1, 0.15) is 5.78 Å². The van der Waals surface area contributed by atoms with Crippen LogP contribution in [0.2, 0.25) is 0 Å². The minimum atomic E-state index is -0.903. The van der Waals surface area contributed by atoms with Crippen LogP contribution in [0.4, 0.5) is 8.78 Å². The summed E-state index contributed by atoms with van der Waals surface area (Å²) < 4.78 is 25.6. The second-order valence-corrected chi connectivity index (χ2v) is 4.59. The van der Waals surface area contributed by atoms with E-state index in [0.717, 1.165) is 18.6 Å². The van der Waals surface area contributed by atoms with Gasteiger partial charge in [-0.05, 0) is 24.1 Å². The minimum Gasteiger partial charge on any atom is -0.299 e. The third-order valence-electron chi connectivity index (χ3n) is 2.99. The van der Waals surface area contributed by atoms with Crippen LogP contribution in [0.5, 0.6) is 0 Å². The van der Waals surface area contributed by atoms with Gasteiger partial charge in [0.15, 0.2) is 11.6 Å². The van der Waals surface area contributed by atoms with E-state index >= 15 is 0 Å². The van der Waals surface area contributed by atoms with Gasteiger partial charge in [0.05, 0.1) is 0 Å². The lowest BCUT2D eigenvalue weighted by Crippen LogP contribution is -2.25. The highest BCUT2D eigenvalue weighted by Crippen LogP contribution is 2.23. The zero-order valence-corrected chi connectivity index (χ0v) is 9.81. The van der Waals surface area contributed by atoms with Gasteiger partial charge in [-0.3, -0.25) is 4.79 Å². The molecule has 0 aromatic heterocycles. The van der Waals surface area contributed by atoms with Crippen molar-refractivity contribution in [2.45, 2.75) is 33.6 Å². The molecular formula is C13H16F2O. The smallest absolute Gasteiger partial charge is 0.159 e. The monoisotopic (exact) mass is 226 g/mol. The van der Waals surface area contributed by atoms with E-state index in [4.69, 9.17) is 0 Å². The van der Waals surface area contributed by atoms with Crippen molar-refractivity contribution >= 4 is 5.78 Å².